The van der Waals surface area contributed by atoms with Crippen molar-refractivity contribution in [3.63, 3.8) is 0 Å². The maximum atomic E-state index is 8.96. The third kappa shape index (κ3) is 3.51. The lowest BCUT2D eigenvalue weighted by Crippen LogP contribution is -2.07. The van der Waals surface area contributed by atoms with E-state index in [1.807, 2.05) is 32.0 Å². The first kappa shape index (κ1) is 13.6. The number of aliphatic hydroxyl groups excluding tert-OH is 1. The highest BCUT2D eigenvalue weighted by Gasteiger charge is 2.19. The summed E-state index contributed by atoms with van der Waals surface area (Å²) in [5, 5.41) is 8.96. The van der Waals surface area contributed by atoms with Crippen molar-refractivity contribution in [1.29, 1.82) is 0 Å². The van der Waals surface area contributed by atoms with Gasteiger partial charge in [0.2, 0.25) is 0 Å². The van der Waals surface area contributed by atoms with Crippen LogP contribution < -0.4 is 0 Å². The van der Waals surface area contributed by atoms with Crippen molar-refractivity contribution >= 4 is 8.60 Å². The molecule has 0 saturated carbocycles. The molecule has 0 amide bonds. The third-order valence-electron chi connectivity index (χ3n) is 2.48. The minimum atomic E-state index is -2.41. The van der Waals surface area contributed by atoms with Crippen molar-refractivity contribution in [2.45, 2.75) is 26.4 Å². The molecule has 0 spiro atoms. The minimum Gasteiger partial charge on any atom is -0.396 e. The molecule has 16 heavy (non-hydrogen) atoms. The first-order valence-electron chi connectivity index (χ1n) is 5.08. The molecule has 0 heterocycles. The largest absolute Gasteiger partial charge is 0.396 e. The molecule has 0 aliphatic carbocycles. The van der Waals surface area contributed by atoms with E-state index in [2.05, 4.69) is 0 Å². The lowest BCUT2D eigenvalue weighted by Gasteiger charge is -2.21. The monoisotopic (exact) mass is 244 g/mol. The summed E-state index contributed by atoms with van der Waals surface area (Å²) in [6.07, 6.45) is -0.113. The van der Waals surface area contributed by atoms with Crippen LogP contribution in [0.2, 0.25) is 0 Å². The van der Waals surface area contributed by atoms with E-state index in [0.29, 0.717) is 6.42 Å². The third-order valence-corrected chi connectivity index (χ3v) is 2.92. The van der Waals surface area contributed by atoms with Crippen LogP contribution in [0.15, 0.2) is 18.2 Å². The van der Waals surface area contributed by atoms with Crippen LogP contribution >= 0.6 is 8.60 Å². The van der Waals surface area contributed by atoms with Gasteiger partial charge < -0.3 is 19.4 Å². The summed E-state index contributed by atoms with van der Waals surface area (Å²) >= 11 is 0. The zero-order valence-electron chi connectivity index (χ0n) is 9.42. The van der Waals surface area contributed by atoms with Gasteiger partial charge in [-0.3, -0.25) is 0 Å². The number of hydrogen-bond donors (Lipinski definition) is 3. The molecule has 90 valence electrons. The summed E-state index contributed by atoms with van der Waals surface area (Å²) in [4.78, 5) is 17.8. The molecule has 0 aliphatic rings. The lowest BCUT2D eigenvalue weighted by molar-refractivity contribution is 0.135. The van der Waals surface area contributed by atoms with Gasteiger partial charge >= 0.3 is 8.60 Å². The van der Waals surface area contributed by atoms with Gasteiger partial charge in [-0.05, 0) is 30.5 Å². The maximum absolute atomic E-state index is 8.96. The summed E-state index contributed by atoms with van der Waals surface area (Å²) < 4.78 is 5.05. The average molecular weight is 244 g/mol. The lowest BCUT2D eigenvalue weighted by atomic mass is 9.96. The second kappa shape index (κ2) is 6.28. The summed E-state index contributed by atoms with van der Waals surface area (Å²) in [6.45, 7) is 3.82. The van der Waals surface area contributed by atoms with E-state index < -0.39 is 14.7 Å². The molecule has 1 unspecified atom stereocenters. The molecule has 4 nitrogen and oxygen atoms in total. The maximum Gasteiger partial charge on any atom is 0.327 e. The second-order valence-corrected chi connectivity index (χ2v) is 4.38. The molecule has 5 heteroatoms. The Bertz CT molecular complexity index is 321. The predicted octanol–water partition coefficient (Wildman–Crippen LogP) is 1.96. The Labute approximate surface area is 96.5 Å². The molecule has 0 aliphatic heterocycles. The van der Waals surface area contributed by atoms with E-state index in [1.54, 1.807) is 0 Å². The molecule has 0 bridgehead atoms. The van der Waals surface area contributed by atoms with Crippen LogP contribution in [0.25, 0.3) is 0 Å². The Morgan fingerprint density at radius 3 is 2.25 bits per heavy atom. The molecule has 1 aromatic carbocycles. The fourth-order valence-corrected chi connectivity index (χ4v) is 2.25. The first-order valence-corrected chi connectivity index (χ1v) is 6.24. The Balaban J connectivity index is 3.00. The van der Waals surface area contributed by atoms with E-state index in [-0.39, 0.29) is 6.61 Å². The number of hydrogen-bond acceptors (Lipinski definition) is 4. The van der Waals surface area contributed by atoms with E-state index in [1.165, 1.54) is 0 Å². The van der Waals surface area contributed by atoms with Crippen LogP contribution in [0.5, 0.6) is 0 Å². The van der Waals surface area contributed by atoms with Gasteiger partial charge in [0.05, 0.1) is 6.10 Å². The van der Waals surface area contributed by atoms with E-state index in [9.17, 15) is 0 Å². The van der Waals surface area contributed by atoms with Gasteiger partial charge in [-0.2, -0.15) is 0 Å². The van der Waals surface area contributed by atoms with E-state index >= 15 is 0 Å². The average Bonchev–Trinajstić information content (AvgIpc) is 2.16. The number of rotatable bonds is 5. The van der Waals surface area contributed by atoms with Gasteiger partial charge in [0.15, 0.2) is 0 Å². The van der Waals surface area contributed by atoms with Gasteiger partial charge in [-0.15, -0.1) is 0 Å². The molecule has 0 aromatic heterocycles. The summed E-state index contributed by atoms with van der Waals surface area (Å²) in [5.74, 6) is 0. The van der Waals surface area contributed by atoms with Crippen LogP contribution in [0.4, 0.5) is 0 Å². The molecule has 1 rings (SSSR count). The fourth-order valence-electron chi connectivity index (χ4n) is 1.82. The van der Waals surface area contributed by atoms with Gasteiger partial charge in [0.1, 0.15) is 0 Å². The Kier molecular flexibility index (Phi) is 5.32. The highest BCUT2D eigenvalue weighted by atomic mass is 31.2. The number of aliphatic hydroxyl groups is 1. The van der Waals surface area contributed by atoms with Crippen molar-refractivity contribution in [3.8, 4) is 0 Å². The van der Waals surface area contributed by atoms with Gasteiger partial charge in [0.25, 0.3) is 0 Å². The summed E-state index contributed by atoms with van der Waals surface area (Å²) in [7, 11) is -2.41. The zero-order valence-corrected chi connectivity index (χ0v) is 10.3. The highest BCUT2D eigenvalue weighted by molar-refractivity contribution is 7.39. The highest BCUT2D eigenvalue weighted by Crippen LogP contribution is 2.38. The number of benzene rings is 1. The van der Waals surface area contributed by atoms with Crippen molar-refractivity contribution in [2.24, 2.45) is 0 Å². The Morgan fingerprint density at radius 2 is 1.81 bits per heavy atom. The quantitative estimate of drug-likeness (QED) is 0.692. The van der Waals surface area contributed by atoms with Crippen LogP contribution in [-0.4, -0.2) is 21.5 Å². The smallest absolute Gasteiger partial charge is 0.327 e. The van der Waals surface area contributed by atoms with E-state index in [0.717, 1.165) is 16.7 Å². The van der Waals surface area contributed by atoms with E-state index in [4.69, 9.17) is 19.4 Å². The van der Waals surface area contributed by atoms with Crippen LogP contribution in [0, 0.1) is 13.8 Å². The fraction of sp³-hybridized carbons (Fsp3) is 0.455. The summed E-state index contributed by atoms with van der Waals surface area (Å²) in [6, 6.07) is 5.81. The van der Waals surface area contributed by atoms with Crippen LogP contribution in [-0.2, 0) is 4.52 Å². The molecule has 0 fully saturated rings. The minimum absolute atomic E-state index is 0.0540. The first-order chi connectivity index (χ1) is 7.56. The SMILES string of the molecule is Cc1cccc(C)c1C(CCO)OP(O)O. The second-order valence-electron chi connectivity index (χ2n) is 3.66. The van der Waals surface area contributed by atoms with Crippen LogP contribution in [0.1, 0.15) is 29.2 Å². The van der Waals surface area contributed by atoms with Crippen molar-refractivity contribution in [2.75, 3.05) is 6.61 Å². The van der Waals surface area contributed by atoms with Gasteiger partial charge in [-0.1, -0.05) is 18.2 Å². The predicted molar refractivity (Wildman–Crippen MR) is 62.8 cm³/mol. The van der Waals surface area contributed by atoms with Crippen molar-refractivity contribution in [1.82, 2.24) is 0 Å². The number of aryl methyl sites for hydroxylation is 2. The van der Waals surface area contributed by atoms with Crippen molar-refractivity contribution in [3.05, 3.63) is 34.9 Å². The molecule has 1 atom stereocenters. The molecular formula is C11H17O4P. The Morgan fingerprint density at radius 1 is 1.25 bits per heavy atom. The summed E-state index contributed by atoms with van der Waals surface area (Å²) in [5.41, 5.74) is 2.97. The molecular weight excluding hydrogens is 227 g/mol. The molecule has 0 radical (unpaired) electrons. The van der Waals surface area contributed by atoms with Gasteiger partial charge in [0, 0.05) is 13.0 Å². The molecule has 3 N–H and O–H groups in total. The normalized spacial score (nSPS) is 13.1. The molecule has 0 saturated heterocycles. The van der Waals surface area contributed by atoms with Crippen LogP contribution in [0.3, 0.4) is 0 Å². The topological polar surface area (TPSA) is 69.9 Å². The zero-order chi connectivity index (χ0) is 12.1. The molecule has 1 aromatic rings. The standard InChI is InChI=1S/C11H17O4P/c1-8-4-3-5-9(2)11(8)10(6-7-12)15-16(13)14/h3-5,10,12-14H,6-7H2,1-2H3. The van der Waals surface area contributed by atoms with Crippen molar-refractivity contribution < 1.29 is 19.4 Å². The Hall–Kier alpha value is -0.510. The van der Waals surface area contributed by atoms with Gasteiger partial charge in [-0.25, -0.2) is 0 Å².